The van der Waals surface area contributed by atoms with Gasteiger partial charge in [0, 0.05) is 35.8 Å². The Kier molecular flexibility index (Phi) is 6.82. The summed E-state index contributed by atoms with van der Waals surface area (Å²) in [6, 6.07) is 9.42. The molecule has 1 N–H and O–H groups in total. The Labute approximate surface area is 183 Å². The number of amides is 1. The van der Waals surface area contributed by atoms with Crippen LogP contribution in [0.25, 0.3) is 0 Å². The number of nitrogens with one attached hydrogen (secondary N) is 1. The molecule has 168 valence electrons. The number of alkyl halides is 3. The summed E-state index contributed by atoms with van der Waals surface area (Å²) in [6.45, 7) is 1.92. The first-order valence-electron chi connectivity index (χ1n) is 9.39. The standard InChI is InChI=1S/C20H20ClF3N2O4S/c1-13-17(21)6-3-7-18(13)25-19(27)14-8-10-26(11-9-14)31(28,29)16-5-2-4-15(12-16)30-20(22,23)24/h2-7,12,14H,8-11H2,1H3,(H,25,27). The maximum atomic E-state index is 12.8. The van der Waals surface area contributed by atoms with Crippen LogP contribution >= 0.6 is 11.6 Å². The zero-order valence-corrected chi connectivity index (χ0v) is 18.0. The Morgan fingerprint density at radius 3 is 2.45 bits per heavy atom. The predicted molar refractivity (Wildman–Crippen MR) is 109 cm³/mol. The van der Waals surface area contributed by atoms with E-state index >= 15 is 0 Å². The SMILES string of the molecule is Cc1c(Cl)cccc1NC(=O)C1CCN(S(=O)(=O)c2cccc(OC(F)(F)F)c2)CC1. The summed E-state index contributed by atoms with van der Waals surface area (Å²) >= 11 is 6.06. The molecule has 0 unspecified atom stereocenters. The van der Waals surface area contributed by atoms with E-state index in [0.29, 0.717) is 10.7 Å². The Morgan fingerprint density at radius 2 is 1.81 bits per heavy atom. The highest BCUT2D eigenvalue weighted by Gasteiger charge is 2.34. The molecule has 0 bridgehead atoms. The van der Waals surface area contributed by atoms with Gasteiger partial charge < -0.3 is 10.1 Å². The van der Waals surface area contributed by atoms with E-state index in [1.807, 2.05) is 0 Å². The molecule has 0 atom stereocenters. The largest absolute Gasteiger partial charge is 0.573 e. The van der Waals surface area contributed by atoms with E-state index in [1.165, 1.54) is 12.1 Å². The zero-order chi connectivity index (χ0) is 22.8. The van der Waals surface area contributed by atoms with Crippen molar-refractivity contribution >= 4 is 33.2 Å². The molecular formula is C20H20ClF3N2O4S. The number of hydrogen-bond donors (Lipinski definition) is 1. The van der Waals surface area contributed by atoms with E-state index in [-0.39, 0.29) is 36.7 Å². The number of rotatable bonds is 5. The minimum atomic E-state index is -4.92. The van der Waals surface area contributed by atoms with Gasteiger partial charge in [-0.15, -0.1) is 13.2 Å². The molecule has 0 aliphatic carbocycles. The number of carbonyl (C=O) groups excluding carboxylic acids is 1. The summed E-state index contributed by atoms with van der Waals surface area (Å²) in [6.07, 6.45) is -4.36. The van der Waals surface area contributed by atoms with Crippen LogP contribution in [0.1, 0.15) is 18.4 Å². The van der Waals surface area contributed by atoms with Crippen molar-refractivity contribution < 1.29 is 31.1 Å². The fourth-order valence-electron chi connectivity index (χ4n) is 3.32. The van der Waals surface area contributed by atoms with Crippen LogP contribution in [0.3, 0.4) is 0 Å². The molecule has 1 aliphatic heterocycles. The number of piperidine rings is 1. The summed E-state index contributed by atoms with van der Waals surface area (Å²) in [5.74, 6) is -1.24. The summed E-state index contributed by atoms with van der Waals surface area (Å²) in [4.78, 5) is 12.3. The van der Waals surface area contributed by atoms with E-state index in [0.717, 1.165) is 22.0 Å². The molecule has 2 aromatic rings. The molecule has 6 nitrogen and oxygen atoms in total. The van der Waals surface area contributed by atoms with Crippen LogP contribution in [0.2, 0.25) is 5.02 Å². The molecule has 1 saturated heterocycles. The minimum absolute atomic E-state index is 0.0688. The van der Waals surface area contributed by atoms with E-state index < -0.39 is 28.1 Å². The fourth-order valence-corrected chi connectivity index (χ4v) is 5.00. The van der Waals surface area contributed by atoms with E-state index in [2.05, 4.69) is 10.1 Å². The summed E-state index contributed by atoms with van der Waals surface area (Å²) in [5.41, 5.74) is 1.33. The monoisotopic (exact) mass is 476 g/mol. The lowest BCUT2D eigenvalue weighted by Crippen LogP contribution is -2.41. The second-order valence-electron chi connectivity index (χ2n) is 7.10. The van der Waals surface area contributed by atoms with Gasteiger partial charge in [-0.25, -0.2) is 8.42 Å². The lowest BCUT2D eigenvalue weighted by molar-refractivity contribution is -0.274. The van der Waals surface area contributed by atoms with Gasteiger partial charge in [0.1, 0.15) is 5.75 Å². The molecule has 1 aliphatic rings. The summed E-state index contributed by atoms with van der Waals surface area (Å²) in [5, 5.41) is 3.34. The molecule has 31 heavy (non-hydrogen) atoms. The van der Waals surface area contributed by atoms with Crippen molar-refractivity contribution in [3.05, 3.63) is 53.1 Å². The number of benzene rings is 2. The van der Waals surface area contributed by atoms with E-state index in [9.17, 15) is 26.4 Å². The first-order valence-corrected chi connectivity index (χ1v) is 11.2. The van der Waals surface area contributed by atoms with Gasteiger partial charge in [0.15, 0.2) is 0 Å². The van der Waals surface area contributed by atoms with Crippen LogP contribution < -0.4 is 10.1 Å². The second-order valence-corrected chi connectivity index (χ2v) is 9.45. The Balaban J connectivity index is 1.65. The number of anilines is 1. The number of carbonyl (C=O) groups is 1. The van der Waals surface area contributed by atoms with Crippen molar-refractivity contribution in [1.29, 1.82) is 0 Å². The third-order valence-electron chi connectivity index (χ3n) is 5.03. The highest BCUT2D eigenvalue weighted by Crippen LogP contribution is 2.29. The molecule has 3 rings (SSSR count). The van der Waals surface area contributed by atoms with Crippen LogP contribution in [0.15, 0.2) is 47.4 Å². The van der Waals surface area contributed by atoms with Crippen LogP contribution in [0.4, 0.5) is 18.9 Å². The van der Waals surface area contributed by atoms with Gasteiger partial charge in [0.2, 0.25) is 15.9 Å². The number of sulfonamides is 1. The first-order chi connectivity index (χ1) is 14.5. The number of hydrogen-bond acceptors (Lipinski definition) is 4. The number of ether oxygens (including phenoxy) is 1. The average Bonchev–Trinajstić information content (AvgIpc) is 2.70. The van der Waals surface area contributed by atoms with Gasteiger partial charge in [-0.1, -0.05) is 23.7 Å². The molecule has 0 aromatic heterocycles. The van der Waals surface area contributed by atoms with Gasteiger partial charge in [-0.05, 0) is 49.6 Å². The molecule has 1 amide bonds. The number of nitrogens with zero attached hydrogens (tertiary/aromatic N) is 1. The Bertz CT molecular complexity index is 1070. The molecule has 0 spiro atoms. The Morgan fingerprint density at radius 1 is 1.16 bits per heavy atom. The third kappa shape index (κ3) is 5.69. The summed E-state index contributed by atoms with van der Waals surface area (Å²) in [7, 11) is -4.02. The van der Waals surface area contributed by atoms with Crippen LogP contribution in [-0.2, 0) is 14.8 Å². The van der Waals surface area contributed by atoms with Gasteiger partial charge >= 0.3 is 6.36 Å². The summed E-state index contributed by atoms with van der Waals surface area (Å²) < 4.78 is 67.9. The average molecular weight is 477 g/mol. The first kappa shape index (κ1) is 23.4. The van der Waals surface area contributed by atoms with Crippen LogP contribution in [0, 0.1) is 12.8 Å². The Hall–Kier alpha value is -2.30. The third-order valence-corrected chi connectivity index (χ3v) is 7.33. The molecule has 2 aromatic carbocycles. The molecular weight excluding hydrogens is 457 g/mol. The maximum Gasteiger partial charge on any atom is 0.573 e. The van der Waals surface area contributed by atoms with Crippen molar-refractivity contribution in [1.82, 2.24) is 4.31 Å². The van der Waals surface area contributed by atoms with Crippen molar-refractivity contribution in [2.24, 2.45) is 5.92 Å². The normalized spacial score (nSPS) is 16.2. The lowest BCUT2D eigenvalue weighted by Gasteiger charge is -2.30. The van der Waals surface area contributed by atoms with E-state index in [4.69, 9.17) is 11.6 Å². The lowest BCUT2D eigenvalue weighted by atomic mass is 9.97. The second kappa shape index (κ2) is 9.05. The highest BCUT2D eigenvalue weighted by atomic mass is 35.5. The topological polar surface area (TPSA) is 75.7 Å². The van der Waals surface area contributed by atoms with Gasteiger partial charge in [-0.2, -0.15) is 4.31 Å². The molecule has 0 saturated carbocycles. The zero-order valence-electron chi connectivity index (χ0n) is 16.4. The van der Waals surface area contributed by atoms with Crippen LogP contribution in [0.5, 0.6) is 5.75 Å². The van der Waals surface area contributed by atoms with Crippen LogP contribution in [-0.4, -0.2) is 38.1 Å². The highest BCUT2D eigenvalue weighted by molar-refractivity contribution is 7.89. The van der Waals surface area contributed by atoms with Crippen molar-refractivity contribution in [2.75, 3.05) is 18.4 Å². The molecule has 0 radical (unpaired) electrons. The maximum absolute atomic E-state index is 12.8. The fraction of sp³-hybridized carbons (Fsp3) is 0.350. The smallest absolute Gasteiger partial charge is 0.406 e. The quantitative estimate of drug-likeness (QED) is 0.685. The van der Waals surface area contributed by atoms with Gasteiger partial charge in [0.05, 0.1) is 4.90 Å². The minimum Gasteiger partial charge on any atom is -0.406 e. The van der Waals surface area contributed by atoms with Crippen molar-refractivity contribution in [3.8, 4) is 5.75 Å². The molecule has 1 fully saturated rings. The van der Waals surface area contributed by atoms with Gasteiger partial charge in [-0.3, -0.25) is 4.79 Å². The molecule has 11 heteroatoms. The van der Waals surface area contributed by atoms with Crippen molar-refractivity contribution in [3.63, 3.8) is 0 Å². The number of halogens is 4. The van der Waals surface area contributed by atoms with E-state index in [1.54, 1.807) is 25.1 Å². The predicted octanol–water partition coefficient (Wildman–Crippen LogP) is 4.59. The molecule has 1 heterocycles. The van der Waals surface area contributed by atoms with Gasteiger partial charge in [0.25, 0.3) is 0 Å². The van der Waals surface area contributed by atoms with Crippen molar-refractivity contribution in [2.45, 2.75) is 31.0 Å².